The first-order valence-corrected chi connectivity index (χ1v) is 6.12. The highest BCUT2D eigenvalue weighted by atomic mass is 35.5. The zero-order valence-electron chi connectivity index (χ0n) is 10.0. The summed E-state index contributed by atoms with van der Waals surface area (Å²) in [6.45, 7) is 5.57. The highest BCUT2D eigenvalue weighted by Gasteiger charge is 2.25. The van der Waals surface area contributed by atoms with E-state index >= 15 is 0 Å². The van der Waals surface area contributed by atoms with Crippen LogP contribution in [-0.2, 0) is 4.74 Å². The largest absolute Gasteiger partial charge is 0.375 e. The van der Waals surface area contributed by atoms with Gasteiger partial charge in [-0.3, -0.25) is 4.79 Å². The standard InChI is InChI=1S/C13H16ClNO2/c1-9-8-17-10(2)6-15(9)13-5-12(14)4-3-11(13)7-16/h3-5,7,9-10H,6,8H2,1-2H3. The lowest BCUT2D eigenvalue weighted by Crippen LogP contribution is -2.47. The van der Waals surface area contributed by atoms with Crippen LogP contribution in [0.5, 0.6) is 0 Å². The molecule has 0 amide bonds. The molecule has 3 nitrogen and oxygen atoms in total. The smallest absolute Gasteiger partial charge is 0.152 e. The number of halogens is 1. The molecule has 0 saturated carbocycles. The predicted octanol–water partition coefficient (Wildman–Crippen LogP) is 2.77. The van der Waals surface area contributed by atoms with Crippen LogP contribution >= 0.6 is 11.6 Å². The number of benzene rings is 1. The Morgan fingerprint density at radius 1 is 1.47 bits per heavy atom. The molecule has 1 fully saturated rings. The number of ether oxygens (including phenoxy) is 1. The zero-order valence-corrected chi connectivity index (χ0v) is 10.8. The first kappa shape index (κ1) is 12.4. The molecule has 4 heteroatoms. The predicted molar refractivity (Wildman–Crippen MR) is 69.1 cm³/mol. The summed E-state index contributed by atoms with van der Waals surface area (Å²) in [5, 5.41) is 0.650. The maximum absolute atomic E-state index is 11.1. The average Bonchev–Trinajstić information content (AvgIpc) is 2.32. The number of rotatable bonds is 2. The second-order valence-corrected chi connectivity index (χ2v) is 4.90. The molecule has 2 unspecified atom stereocenters. The van der Waals surface area contributed by atoms with Crippen LogP contribution in [0.4, 0.5) is 5.69 Å². The average molecular weight is 254 g/mol. The van der Waals surface area contributed by atoms with Crippen LogP contribution < -0.4 is 4.90 Å². The molecule has 0 aliphatic carbocycles. The number of hydrogen-bond donors (Lipinski definition) is 0. The van der Waals surface area contributed by atoms with Gasteiger partial charge in [-0.25, -0.2) is 0 Å². The summed E-state index contributed by atoms with van der Waals surface area (Å²) >= 11 is 6.00. The van der Waals surface area contributed by atoms with Gasteiger partial charge in [0, 0.05) is 28.9 Å². The van der Waals surface area contributed by atoms with E-state index in [1.54, 1.807) is 12.1 Å². The van der Waals surface area contributed by atoms with Crippen molar-refractivity contribution in [1.29, 1.82) is 0 Å². The monoisotopic (exact) mass is 253 g/mol. The first-order chi connectivity index (χ1) is 8.11. The molecule has 0 bridgehead atoms. The summed E-state index contributed by atoms with van der Waals surface area (Å²) in [6.07, 6.45) is 1.04. The van der Waals surface area contributed by atoms with Crippen molar-refractivity contribution in [2.45, 2.75) is 26.0 Å². The second kappa shape index (κ2) is 5.07. The van der Waals surface area contributed by atoms with Crippen molar-refractivity contribution in [2.75, 3.05) is 18.1 Å². The van der Waals surface area contributed by atoms with E-state index in [1.165, 1.54) is 0 Å². The summed E-state index contributed by atoms with van der Waals surface area (Å²) in [6, 6.07) is 5.60. The maximum Gasteiger partial charge on any atom is 0.152 e. The maximum atomic E-state index is 11.1. The van der Waals surface area contributed by atoms with Crippen molar-refractivity contribution in [1.82, 2.24) is 0 Å². The summed E-state index contributed by atoms with van der Waals surface area (Å²) < 4.78 is 5.58. The van der Waals surface area contributed by atoms with Crippen LogP contribution in [-0.4, -0.2) is 31.6 Å². The van der Waals surface area contributed by atoms with Gasteiger partial charge in [0.1, 0.15) is 0 Å². The van der Waals surface area contributed by atoms with Crippen molar-refractivity contribution in [3.8, 4) is 0 Å². The molecule has 17 heavy (non-hydrogen) atoms. The molecule has 1 aliphatic heterocycles. The van der Waals surface area contributed by atoms with Crippen LogP contribution in [0.2, 0.25) is 5.02 Å². The molecular formula is C13H16ClNO2. The van der Waals surface area contributed by atoms with Crippen LogP contribution in [0.1, 0.15) is 24.2 Å². The Hall–Kier alpha value is -1.06. The van der Waals surface area contributed by atoms with Crippen LogP contribution in [0, 0.1) is 0 Å². The van der Waals surface area contributed by atoms with Gasteiger partial charge in [0.25, 0.3) is 0 Å². The summed E-state index contributed by atoms with van der Waals surface area (Å²) in [5.41, 5.74) is 1.57. The molecule has 1 aromatic carbocycles. The Labute approximate surface area is 106 Å². The quantitative estimate of drug-likeness (QED) is 0.759. The fraction of sp³-hybridized carbons (Fsp3) is 0.462. The SMILES string of the molecule is CC1CN(c2cc(Cl)ccc2C=O)C(C)CO1. The lowest BCUT2D eigenvalue weighted by molar-refractivity contribution is 0.0343. The minimum Gasteiger partial charge on any atom is -0.375 e. The van der Waals surface area contributed by atoms with Gasteiger partial charge in [-0.05, 0) is 32.0 Å². The molecular weight excluding hydrogens is 238 g/mol. The highest BCUT2D eigenvalue weighted by Crippen LogP contribution is 2.27. The lowest BCUT2D eigenvalue weighted by atomic mass is 10.1. The number of aldehydes is 1. The molecule has 0 aromatic heterocycles. The molecule has 2 atom stereocenters. The zero-order chi connectivity index (χ0) is 12.4. The van der Waals surface area contributed by atoms with Gasteiger partial charge in [0.15, 0.2) is 6.29 Å². The van der Waals surface area contributed by atoms with E-state index < -0.39 is 0 Å². The molecule has 1 aliphatic rings. The van der Waals surface area contributed by atoms with Crippen LogP contribution in [0.3, 0.4) is 0 Å². The summed E-state index contributed by atoms with van der Waals surface area (Å²) in [4.78, 5) is 13.3. The fourth-order valence-electron chi connectivity index (χ4n) is 2.10. The molecule has 1 heterocycles. The van der Waals surface area contributed by atoms with E-state index in [0.29, 0.717) is 17.2 Å². The number of anilines is 1. The van der Waals surface area contributed by atoms with Gasteiger partial charge in [0.05, 0.1) is 12.7 Å². The van der Waals surface area contributed by atoms with E-state index in [2.05, 4.69) is 11.8 Å². The second-order valence-electron chi connectivity index (χ2n) is 4.47. The number of nitrogens with zero attached hydrogens (tertiary/aromatic N) is 1. The summed E-state index contributed by atoms with van der Waals surface area (Å²) in [7, 11) is 0. The van der Waals surface area contributed by atoms with Gasteiger partial charge in [0.2, 0.25) is 0 Å². The third-order valence-corrected chi connectivity index (χ3v) is 3.27. The number of morpholine rings is 1. The van der Waals surface area contributed by atoms with Gasteiger partial charge >= 0.3 is 0 Å². The topological polar surface area (TPSA) is 29.5 Å². The van der Waals surface area contributed by atoms with Gasteiger partial charge in [-0.15, -0.1) is 0 Å². The number of hydrogen-bond acceptors (Lipinski definition) is 3. The Bertz CT molecular complexity index is 422. The lowest BCUT2D eigenvalue weighted by Gasteiger charge is -2.39. The molecule has 1 aromatic rings. The van der Waals surface area contributed by atoms with Crippen molar-refractivity contribution < 1.29 is 9.53 Å². The minimum absolute atomic E-state index is 0.171. The van der Waals surface area contributed by atoms with E-state index in [0.717, 1.165) is 18.5 Å². The molecule has 2 rings (SSSR count). The van der Waals surface area contributed by atoms with Crippen molar-refractivity contribution in [3.05, 3.63) is 28.8 Å². The van der Waals surface area contributed by atoms with Crippen LogP contribution in [0.25, 0.3) is 0 Å². The third kappa shape index (κ3) is 2.61. The number of carbonyl (C=O) groups excluding carboxylic acids is 1. The Morgan fingerprint density at radius 3 is 2.94 bits per heavy atom. The summed E-state index contributed by atoms with van der Waals surface area (Å²) in [5.74, 6) is 0. The van der Waals surface area contributed by atoms with Crippen molar-refractivity contribution >= 4 is 23.6 Å². The van der Waals surface area contributed by atoms with E-state index in [-0.39, 0.29) is 12.1 Å². The van der Waals surface area contributed by atoms with E-state index in [1.807, 2.05) is 13.0 Å². The van der Waals surface area contributed by atoms with E-state index in [4.69, 9.17) is 16.3 Å². The fourth-order valence-corrected chi connectivity index (χ4v) is 2.27. The molecule has 1 saturated heterocycles. The highest BCUT2D eigenvalue weighted by molar-refractivity contribution is 6.31. The molecule has 0 N–H and O–H groups in total. The van der Waals surface area contributed by atoms with Gasteiger partial charge < -0.3 is 9.64 Å². The Balaban J connectivity index is 2.37. The van der Waals surface area contributed by atoms with Gasteiger partial charge in [-0.1, -0.05) is 11.6 Å². The van der Waals surface area contributed by atoms with E-state index in [9.17, 15) is 4.79 Å². The first-order valence-electron chi connectivity index (χ1n) is 5.75. The third-order valence-electron chi connectivity index (χ3n) is 3.04. The Morgan fingerprint density at radius 2 is 2.24 bits per heavy atom. The normalized spacial score (nSPS) is 24.8. The number of carbonyl (C=O) groups is 1. The molecule has 92 valence electrons. The molecule has 0 radical (unpaired) electrons. The minimum atomic E-state index is 0.171. The van der Waals surface area contributed by atoms with Crippen molar-refractivity contribution in [3.63, 3.8) is 0 Å². The van der Waals surface area contributed by atoms with Crippen molar-refractivity contribution in [2.24, 2.45) is 0 Å². The molecule has 0 spiro atoms. The van der Waals surface area contributed by atoms with Crippen LogP contribution in [0.15, 0.2) is 18.2 Å². The van der Waals surface area contributed by atoms with Gasteiger partial charge in [-0.2, -0.15) is 0 Å². The Kier molecular flexibility index (Phi) is 3.69.